The van der Waals surface area contributed by atoms with Gasteiger partial charge < -0.3 is 4.90 Å². The van der Waals surface area contributed by atoms with Gasteiger partial charge >= 0.3 is 0 Å². The molecule has 0 aromatic heterocycles. The predicted molar refractivity (Wildman–Crippen MR) is 276 cm³/mol. The summed E-state index contributed by atoms with van der Waals surface area (Å²) in [6, 6.07) is 84.4. The number of nitrogens with zero attached hydrogens (tertiary/aromatic N) is 1. The Kier molecular flexibility index (Phi) is 8.28. The quantitative estimate of drug-likeness (QED) is 0.167. The fraction of sp³-hybridized carbons (Fsp3) is 0.108. The highest BCUT2D eigenvalue weighted by Gasteiger charge is 2.53. The molecule has 1 heteroatoms. The van der Waals surface area contributed by atoms with E-state index in [-0.39, 0.29) is 10.8 Å². The molecule has 3 aliphatic rings. The van der Waals surface area contributed by atoms with Gasteiger partial charge in [0.25, 0.3) is 0 Å². The van der Waals surface area contributed by atoms with Gasteiger partial charge in [-0.1, -0.05) is 216 Å². The van der Waals surface area contributed by atoms with Gasteiger partial charge in [0.2, 0.25) is 0 Å². The molecule has 3 aliphatic carbocycles. The molecule has 0 fully saturated rings. The van der Waals surface area contributed by atoms with Crippen LogP contribution in [0.1, 0.15) is 72.2 Å². The Morgan fingerprint density at radius 3 is 1.44 bits per heavy atom. The summed E-state index contributed by atoms with van der Waals surface area (Å²) in [5.74, 6) is 0. The maximum atomic E-state index is 2.48. The topological polar surface area (TPSA) is 3.24 Å². The Morgan fingerprint density at radius 2 is 0.742 bits per heavy atom. The molecule has 0 N–H and O–H groups in total. The molecule has 0 heterocycles. The van der Waals surface area contributed by atoms with Crippen molar-refractivity contribution < 1.29 is 0 Å². The molecule has 10 aromatic rings. The van der Waals surface area contributed by atoms with Crippen LogP contribution in [0, 0.1) is 0 Å². The fourth-order valence-electron chi connectivity index (χ4n) is 12.5. The molecule has 0 radical (unpaired) electrons. The van der Waals surface area contributed by atoms with Crippen LogP contribution in [-0.4, -0.2) is 0 Å². The van der Waals surface area contributed by atoms with E-state index in [2.05, 4.69) is 257 Å². The molecule has 0 saturated heterocycles. The molecule has 1 spiro atoms. The second kappa shape index (κ2) is 14.1. The first kappa shape index (κ1) is 38.7. The van der Waals surface area contributed by atoms with Crippen LogP contribution in [0.5, 0.6) is 0 Å². The number of hydrogen-bond acceptors (Lipinski definition) is 1. The Labute approximate surface area is 388 Å². The van der Waals surface area contributed by atoms with Crippen molar-refractivity contribution in [1.82, 2.24) is 0 Å². The van der Waals surface area contributed by atoms with Gasteiger partial charge in [-0.15, -0.1) is 0 Å². The standard InChI is InChI=1S/C65H49N/c1-63(2)54-24-12-10-21-49(54)51-36-35-46(41-61(51)63)66(45-33-30-43(31-34-45)42-18-6-5-7-19-42)62-39-37-47(48-20-8-9-23-52(48)62)44-32-38-56-53(40-44)50-22-11-13-25-55(50)65(56)59-28-16-14-26-57(59)64(3,4)58-27-15-17-29-60(58)65/h5-41H,1-4H3. The normalized spacial score (nSPS) is 15.0. The first-order valence-electron chi connectivity index (χ1n) is 23.4. The molecule has 66 heavy (non-hydrogen) atoms. The smallest absolute Gasteiger partial charge is 0.0719 e. The molecule has 0 bridgehead atoms. The van der Waals surface area contributed by atoms with Crippen LogP contribution in [-0.2, 0) is 16.2 Å². The van der Waals surface area contributed by atoms with Gasteiger partial charge in [-0.25, -0.2) is 0 Å². The summed E-state index contributed by atoms with van der Waals surface area (Å²) < 4.78 is 0. The minimum Gasteiger partial charge on any atom is -0.310 e. The van der Waals surface area contributed by atoms with Gasteiger partial charge in [0.15, 0.2) is 0 Å². The zero-order valence-electron chi connectivity index (χ0n) is 37.8. The predicted octanol–water partition coefficient (Wildman–Crippen LogP) is 17.0. The highest BCUT2D eigenvalue weighted by atomic mass is 15.1. The minimum absolute atomic E-state index is 0.126. The van der Waals surface area contributed by atoms with Crippen molar-refractivity contribution in [2.75, 3.05) is 4.90 Å². The van der Waals surface area contributed by atoms with E-state index in [9.17, 15) is 0 Å². The molecule has 13 rings (SSSR count). The lowest BCUT2D eigenvalue weighted by Crippen LogP contribution is -2.40. The molecular formula is C65H49N. The van der Waals surface area contributed by atoms with Gasteiger partial charge in [0.1, 0.15) is 0 Å². The van der Waals surface area contributed by atoms with Crippen LogP contribution in [0.3, 0.4) is 0 Å². The monoisotopic (exact) mass is 843 g/mol. The number of benzene rings is 10. The van der Waals surface area contributed by atoms with Crippen LogP contribution in [0.25, 0.3) is 55.3 Å². The minimum atomic E-state index is -0.415. The lowest BCUT2D eigenvalue weighted by atomic mass is 9.55. The Bertz CT molecular complexity index is 3540. The zero-order valence-corrected chi connectivity index (χ0v) is 37.8. The van der Waals surface area contributed by atoms with Crippen molar-refractivity contribution in [3.8, 4) is 44.5 Å². The first-order chi connectivity index (χ1) is 32.3. The molecule has 314 valence electrons. The number of fused-ring (bicyclic) bond motifs is 13. The maximum absolute atomic E-state index is 2.48. The van der Waals surface area contributed by atoms with Crippen molar-refractivity contribution in [3.05, 3.63) is 269 Å². The summed E-state index contributed by atoms with van der Waals surface area (Å²) in [6.07, 6.45) is 0. The van der Waals surface area contributed by atoms with Crippen LogP contribution < -0.4 is 4.90 Å². The van der Waals surface area contributed by atoms with E-state index in [4.69, 9.17) is 0 Å². The summed E-state index contributed by atoms with van der Waals surface area (Å²) in [6.45, 7) is 9.52. The SMILES string of the molecule is CC1(C)c2ccccc2-c2ccc(N(c3ccc(-c4ccccc4)cc3)c3ccc(-c4ccc5c(c4)-c4ccccc4C54c5ccccc5C(C)(C)c5ccccc54)c4ccccc34)cc21. The Morgan fingerprint density at radius 1 is 0.273 bits per heavy atom. The maximum Gasteiger partial charge on any atom is 0.0719 e. The van der Waals surface area contributed by atoms with Crippen LogP contribution >= 0.6 is 0 Å². The third kappa shape index (κ3) is 5.29. The van der Waals surface area contributed by atoms with E-state index >= 15 is 0 Å². The van der Waals surface area contributed by atoms with Gasteiger partial charge in [0, 0.05) is 27.6 Å². The first-order valence-corrected chi connectivity index (χ1v) is 23.4. The van der Waals surface area contributed by atoms with Crippen molar-refractivity contribution in [2.45, 2.75) is 43.9 Å². The summed E-state index contributed by atoms with van der Waals surface area (Å²) in [5.41, 5.74) is 23.9. The molecule has 0 aliphatic heterocycles. The largest absolute Gasteiger partial charge is 0.310 e. The van der Waals surface area contributed by atoms with E-state index in [0.717, 1.165) is 17.1 Å². The van der Waals surface area contributed by atoms with Crippen LogP contribution in [0.15, 0.2) is 224 Å². The summed E-state index contributed by atoms with van der Waals surface area (Å²) in [5, 5.41) is 2.44. The van der Waals surface area contributed by atoms with Gasteiger partial charge in [-0.3, -0.25) is 0 Å². The van der Waals surface area contributed by atoms with E-state index in [1.807, 2.05) is 0 Å². The summed E-state index contributed by atoms with van der Waals surface area (Å²) >= 11 is 0. The van der Waals surface area contributed by atoms with Gasteiger partial charge in [0.05, 0.1) is 11.1 Å². The zero-order chi connectivity index (χ0) is 44.4. The van der Waals surface area contributed by atoms with Crippen molar-refractivity contribution in [3.63, 3.8) is 0 Å². The summed E-state index contributed by atoms with van der Waals surface area (Å²) in [7, 11) is 0. The van der Waals surface area contributed by atoms with Crippen molar-refractivity contribution in [2.24, 2.45) is 0 Å². The lowest BCUT2D eigenvalue weighted by molar-refractivity contribution is 0.563. The lowest BCUT2D eigenvalue weighted by Gasteiger charge is -2.46. The molecule has 1 nitrogen and oxygen atoms in total. The molecule has 0 atom stereocenters. The summed E-state index contributed by atoms with van der Waals surface area (Å²) in [4.78, 5) is 2.47. The van der Waals surface area contributed by atoms with E-state index in [1.165, 1.54) is 99.8 Å². The number of rotatable bonds is 5. The van der Waals surface area contributed by atoms with Crippen LogP contribution in [0.4, 0.5) is 17.1 Å². The average molecular weight is 844 g/mol. The number of anilines is 3. The molecular weight excluding hydrogens is 795 g/mol. The number of hydrogen-bond donors (Lipinski definition) is 0. The highest BCUT2D eigenvalue weighted by Crippen LogP contribution is 2.62. The van der Waals surface area contributed by atoms with Crippen LogP contribution in [0.2, 0.25) is 0 Å². The van der Waals surface area contributed by atoms with Gasteiger partial charge in [-0.05, 0) is 131 Å². The average Bonchev–Trinajstić information content (AvgIpc) is 3.79. The van der Waals surface area contributed by atoms with E-state index in [0.29, 0.717) is 0 Å². The molecule has 0 saturated carbocycles. The fourth-order valence-corrected chi connectivity index (χ4v) is 12.5. The van der Waals surface area contributed by atoms with E-state index < -0.39 is 5.41 Å². The molecule has 0 amide bonds. The van der Waals surface area contributed by atoms with E-state index in [1.54, 1.807) is 0 Å². The van der Waals surface area contributed by atoms with Crippen molar-refractivity contribution >= 4 is 27.8 Å². The van der Waals surface area contributed by atoms with Crippen molar-refractivity contribution in [1.29, 1.82) is 0 Å². The Balaban J connectivity index is 0.994. The second-order valence-electron chi connectivity index (χ2n) is 19.6. The molecule has 0 unspecified atom stereocenters. The third-order valence-electron chi connectivity index (χ3n) is 15.6. The second-order valence-corrected chi connectivity index (χ2v) is 19.6. The third-order valence-corrected chi connectivity index (χ3v) is 15.6. The highest BCUT2D eigenvalue weighted by molar-refractivity contribution is 6.07. The Hall–Kier alpha value is -7.74. The van der Waals surface area contributed by atoms with Gasteiger partial charge in [-0.2, -0.15) is 0 Å². The molecule has 10 aromatic carbocycles.